The zero-order valence-electron chi connectivity index (χ0n) is 18.7. The summed E-state index contributed by atoms with van der Waals surface area (Å²) >= 11 is 12.3. The van der Waals surface area contributed by atoms with Gasteiger partial charge in [0.05, 0.1) is 22.7 Å². The van der Waals surface area contributed by atoms with Crippen molar-refractivity contribution in [3.63, 3.8) is 0 Å². The first-order chi connectivity index (χ1) is 16.7. The van der Waals surface area contributed by atoms with E-state index < -0.39 is 27.8 Å². The summed E-state index contributed by atoms with van der Waals surface area (Å²) in [6.45, 7) is 0.207. The summed E-state index contributed by atoms with van der Waals surface area (Å²) in [4.78, 5) is 26.5. The van der Waals surface area contributed by atoms with E-state index in [1.54, 1.807) is 42.5 Å². The first kappa shape index (κ1) is 25.2. The number of hydrogen-bond donors (Lipinski definition) is 1. The van der Waals surface area contributed by atoms with Crippen LogP contribution in [0.3, 0.4) is 0 Å². The van der Waals surface area contributed by atoms with Gasteiger partial charge in [-0.2, -0.15) is 4.31 Å². The van der Waals surface area contributed by atoms with Crippen LogP contribution in [0, 0.1) is 0 Å². The van der Waals surface area contributed by atoms with E-state index in [0.29, 0.717) is 23.6 Å². The normalized spacial score (nSPS) is 16.1. The summed E-state index contributed by atoms with van der Waals surface area (Å²) in [6, 6.07) is 16.1. The van der Waals surface area contributed by atoms with E-state index in [2.05, 4.69) is 5.32 Å². The smallest absolute Gasteiger partial charge is 0.243 e. The predicted octanol–water partition coefficient (Wildman–Crippen LogP) is 5.02. The van der Waals surface area contributed by atoms with Gasteiger partial charge in [-0.1, -0.05) is 35.3 Å². The molecule has 1 heterocycles. The molecule has 3 aromatic rings. The number of rotatable bonds is 7. The van der Waals surface area contributed by atoms with Crippen molar-refractivity contribution >= 4 is 50.6 Å². The molecule has 1 atom stereocenters. The van der Waals surface area contributed by atoms with Crippen LogP contribution in [-0.2, 0) is 14.8 Å². The van der Waals surface area contributed by atoms with Gasteiger partial charge < -0.3 is 10.1 Å². The fourth-order valence-electron chi connectivity index (χ4n) is 3.99. The van der Waals surface area contributed by atoms with Crippen molar-refractivity contribution in [1.29, 1.82) is 0 Å². The van der Waals surface area contributed by atoms with Gasteiger partial charge in [0, 0.05) is 22.7 Å². The highest BCUT2D eigenvalue weighted by Crippen LogP contribution is 2.30. The van der Waals surface area contributed by atoms with Gasteiger partial charge in [0.25, 0.3) is 0 Å². The molecule has 0 radical (unpaired) electrons. The minimum Gasteiger partial charge on any atom is -0.497 e. The molecule has 0 spiro atoms. The number of amides is 1. The van der Waals surface area contributed by atoms with Crippen LogP contribution in [0.4, 0.5) is 5.69 Å². The number of halogens is 2. The molecule has 35 heavy (non-hydrogen) atoms. The molecule has 3 aromatic carbocycles. The van der Waals surface area contributed by atoms with E-state index in [-0.39, 0.29) is 33.3 Å². The molecule has 1 aliphatic rings. The quantitative estimate of drug-likeness (QED) is 0.431. The van der Waals surface area contributed by atoms with Gasteiger partial charge in [-0.3, -0.25) is 9.59 Å². The average molecular weight is 533 g/mol. The van der Waals surface area contributed by atoms with Crippen molar-refractivity contribution in [1.82, 2.24) is 4.31 Å². The highest BCUT2D eigenvalue weighted by atomic mass is 35.5. The van der Waals surface area contributed by atoms with Crippen molar-refractivity contribution in [2.75, 3.05) is 19.0 Å². The van der Waals surface area contributed by atoms with Crippen LogP contribution in [0.25, 0.3) is 0 Å². The fourth-order valence-corrected chi connectivity index (χ4v) is 6.04. The van der Waals surface area contributed by atoms with Crippen molar-refractivity contribution in [3.05, 3.63) is 87.9 Å². The number of anilines is 1. The largest absolute Gasteiger partial charge is 0.497 e. The molecule has 4 rings (SSSR count). The summed E-state index contributed by atoms with van der Waals surface area (Å²) < 4.78 is 32.8. The monoisotopic (exact) mass is 532 g/mol. The molecule has 7 nitrogen and oxygen atoms in total. The number of carbonyl (C=O) groups excluding carboxylic acids is 2. The van der Waals surface area contributed by atoms with Gasteiger partial charge in [-0.05, 0) is 67.4 Å². The molecule has 1 unspecified atom stereocenters. The predicted molar refractivity (Wildman–Crippen MR) is 135 cm³/mol. The second-order valence-corrected chi connectivity index (χ2v) is 10.7. The van der Waals surface area contributed by atoms with Crippen LogP contribution in [0.2, 0.25) is 10.0 Å². The lowest BCUT2D eigenvalue weighted by Gasteiger charge is -2.24. The number of nitrogens with one attached hydrogen (secondary N) is 1. The maximum atomic E-state index is 13.3. The molecule has 1 saturated heterocycles. The lowest BCUT2D eigenvalue weighted by Crippen LogP contribution is -2.43. The maximum Gasteiger partial charge on any atom is 0.243 e. The molecule has 0 saturated carbocycles. The number of sulfonamides is 1. The second-order valence-electron chi connectivity index (χ2n) is 7.94. The Bertz CT molecular complexity index is 1380. The summed E-state index contributed by atoms with van der Waals surface area (Å²) in [5.74, 6) is -0.421. The number of hydrogen-bond acceptors (Lipinski definition) is 5. The molecule has 0 aromatic heterocycles. The van der Waals surface area contributed by atoms with Crippen molar-refractivity contribution in [2.45, 2.75) is 23.8 Å². The van der Waals surface area contributed by atoms with Crippen LogP contribution >= 0.6 is 23.2 Å². The topological polar surface area (TPSA) is 92.8 Å². The summed E-state index contributed by atoms with van der Waals surface area (Å²) in [6.07, 6.45) is 0.877. The highest BCUT2D eigenvalue weighted by molar-refractivity contribution is 7.89. The standard InChI is InChI=1S/C25H22Cl2N2O5S/c1-34-17-9-11-18(12-10-17)35(32,33)29-14-4-7-23(29)25(31)28-22-13-8-16(26)15-20(22)24(30)19-5-2-3-6-21(19)27/h2-3,5-6,8-13,15,23H,4,7,14H2,1H3,(H,28,31). The lowest BCUT2D eigenvalue weighted by molar-refractivity contribution is -0.119. The van der Waals surface area contributed by atoms with Crippen LogP contribution in [0.15, 0.2) is 71.6 Å². The Morgan fingerprint density at radius 2 is 1.71 bits per heavy atom. The minimum absolute atomic E-state index is 0.0686. The van der Waals surface area contributed by atoms with E-state index in [9.17, 15) is 18.0 Å². The van der Waals surface area contributed by atoms with Gasteiger partial charge in [0.15, 0.2) is 5.78 Å². The molecule has 1 aliphatic heterocycles. The molecule has 0 bridgehead atoms. The Kier molecular flexibility index (Phi) is 7.47. The van der Waals surface area contributed by atoms with Gasteiger partial charge in [-0.15, -0.1) is 0 Å². The number of ketones is 1. The van der Waals surface area contributed by atoms with E-state index in [1.165, 1.54) is 35.7 Å². The fraction of sp³-hybridized carbons (Fsp3) is 0.200. The van der Waals surface area contributed by atoms with Crippen molar-refractivity contribution < 1.29 is 22.7 Å². The first-order valence-corrected chi connectivity index (χ1v) is 13.0. The van der Waals surface area contributed by atoms with Crippen LogP contribution in [0.5, 0.6) is 5.75 Å². The first-order valence-electron chi connectivity index (χ1n) is 10.8. The van der Waals surface area contributed by atoms with Crippen LogP contribution in [0.1, 0.15) is 28.8 Å². The summed E-state index contributed by atoms with van der Waals surface area (Å²) in [5, 5.41) is 3.31. The van der Waals surface area contributed by atoms with Gasteiger partial charge in [0.1, 0.15) is 11.8 Å². The molecular formula is C25H22Cl2N2O5S. The SMILES string of the molecule is COc1ccc(S(=O)(=O)N2CCCC2C(=O)Nc2ccc(Cl)cc2C(=O)c2ccccc2Cl)cc1. The third kappa shape index (κ3) is 5.21. The van der Waals surface area contributed by atoms with E-state index in [4.69, 9.17) is 27.9 Å². The van der Waals surface area contributed by atoms with Crippen molar-refractivity contribution in [3.8, 4) is 5.75 Å². The maximum absolute atomic E-state index is 13.3. The average Bonchev–Trinajstić information content (AvgIpc) is 3.36. The Hall–Kier alpha value is -2.91. The molecule has 0 aliphatic carbocycles. The molecule has 10 heteroatoms. The third-order valence-corrected chi connectivity index (χ3v) is 8.26. The number of methoxy groups -OCH3 is 1. The Labute approximate surface area is 213 Å². The number of nitrogens with zero attached hydrogens (tertiary/aromatic N) is 1. The third-order valence-electron chi connectivity index (χ3n) is 5.77. The summed E-state index contributed by atoms with van der Waals surface area (Å²) in [5.41, 5.74) is 0.635. The molecule has 1 N–H and O–H groups in total. The lowest BCUT2D eigenvalue weighted by atomic mass is 10.0. The Morgan fingerprint density at radius 1 is 1.00 bits per heavy atom. The van der Waals surface area contributed by atoms with E-state index in [0.717, 1.165) is 0 Å². The number of ether oxygens (including phenoxy) is 1. The molecule has 1 amide bonds. The molecule has 1 fully saturated rings. The van der Waals surface area contributed by atoms with E-state index >= 15 is 0 Å². The second kappa shape index (κ2) is 10.4. The zero-order chi connectivity index (χ0) is 25.2. The molecular weight excluding hydrogens is 511 g/mol. The van der Waals surface area contributed by atoms with E-state index in [1.807, 2.05) is 0 Å². The Morgan fingerprint density at radius 3 is 2.40 bits per heavy atom. The van der Waals surface area contributed by atoms with Gasteiger partial charge >= 0.3 is 0 Å². The van der Waals surface area contributed by atoms with Crippen molar-refractivity contribution in [2.24, 2.45) is 0 Å². The highest BCUT2D eigenvalue weighted by Gasteiger charge is 2.39. The minimum atomic E-state index is -3.92. The Balaban J connectivity index is 1.61. The van der Waals surface area contributed by atoms with Crippen LogP contribution < -0.4 is 10.1 Å². The van der Waals surface area contributed by atoms with Gasteiger partial charge in [0.2, 0.25) is 15.9 Å². The summed E-state index contributed by atoms with van der Waals surface area (Å²) in [7, 11) is -2.43. The zero-order valence-corrected chi connectivity index (χ0v) is 21.0. The number of carbonyl (C=O) groups is 2. The number of benzene rings is 3. The van der Waals surface area contributed by atoms with Crippen LogP contribution in [-0.4, -0.2) is 44.1 Å². The van der Waals surface area contributed by atoms with Gasteiger partial charge in [-0.25, -0.2) is 8.42 Å². The molecule has 182 valence electrons.